The molecular weight excluding hydrogens is 492 g/mol. The molecule has 3 unspecified atom stereocenters. The van der Waals surface area contributed by atoms with Gasteiger partial charge < -0.3 is 9.64 Å². The number of ketones is 1. The SMILES string of the molecule is COc1ccccc1/C=C/C(=O)c1ccc(N2C(=O)CC(SC(=S)N3CC(C)CC(C)C3)C2=O)cc1. The average Bonchev–Trinajstić information content (AvgIpc) is 3.14. The van der Waals surface area contributed by atoms with E-state index in [0.29, 0.717) is 33.2 Å². The van der Waals surface area contributed by atoms with E-state index in [1.807, 2.05) is 24.3 Å². The molecule has 6 nitrogen and oxygen atoms in total. The third kappa shape index (κ3) is 5.87. The molecule has 2 amide bonds. The lowest BCUT2D eigenvalue weighted by Gasteiger charge is -2.36. The van der Waals surface area contributed by atoms with Crippen molar-refractivity contribution in [2.45, 2.75) is 31.9 Å². The minimum absolute atomic E-state index is 0.116. The smallest absolute Gasteiger partial charge is 0.247 e. The molecule has 8 heteroatoms. The zero-order valence-electron chi connectivity index (χ0n) is 20.7. The number of amides is 2. The second-order valence-corrected chi connectivity index (χ2v) is 11.3. The maximum absolute atomic E-state index is 13.1. The number of thiocarbonyl (C=S) groups is 1. The van der Waals surface area contributed by atoms with Crippen LogP contribution in [-0.2, 0) is 9.59 Å². The number of methoxy groups -OCH3 is 1. The maximum Gasteiger partial charge on any atom is 0.247 e. The van der Waals surface area contributed by atoms with Gasteiger partial charge in [0.1, 0.15) is 15.3 Å². The molecule has 2 saturated heterocycles. The summed E-state index contributed by atoms with van der Waals surface area (Å²) in [5, 5.41) is -0.525. The lowest BCUT2D eigenvalue weighted by molar-refractivity contribution is -0.121. The normalized spacial score (nSPS) is 22.4. The summed E-state index contributed by atoms with van der Waals surface area (Å²) in [5.74, 6) is 1.08. The number of hydrogen-bond acceptors (Lipinski definition) is 6. The van der Waals surface area contributed by atoms with E-state index in [-0.39, 0.29) is 24.0 Å². The first-order valence-electron chi connectivity index (χ1n) is 12.0. The first-order chi connectivity index (χ1) is 17.3. The predicted octanol–water partition coefficient (Wildman–Crippen LogP) is 5.22. The van der Waals surface area contributed by atoms with Crippen molar-refractivity contribution in [3.05, 3.63) is 65.7 Å². The monoisotopic (exact) mass is 522 g/mol. The maximum atomic E-state index is 13.1. The Morgan fingerprint density at radius 2 is 1.72 bits per heavy atom. The summed E-state index contributed by atoms with van der Waals surface area (Å²) in [6.07, 6.45) is 4.48. The third-order valence-corrected chi connectivity index (χ3v) is 8.10. The van der Waals surface area contributed by atoms with E-state index < -0.39 is 5.25 Å². The van der Waals surface area contributed by atoms with E-state index in [4.69, 9.17) is 17.0 Å². The molecule has 2 fully saturated rings. The van der Waals surface area contributed by atoms with Crippen molar-refractivity contribution in [3.8, 4) is 5.75 Å². The summed E-state index contributed by atoms with van der Waals surface area (Å²) in [4.78, 5) is 41.9. The number of nitrogens with zero attached hydrogens (tertiary/aromatic N) is 2. The Balaban J connectivity index is 1.40. The van der Waals surface area contributed by atoms with Crippen LogP contribution in [-0.4, -0.2) is 52.3 Å². The summed E-state index contributed by atoms with van der Waals surface area (Å²) in [6, 6.07) is 14.0. The Morgan fingerprint density at radius 3 is 2.39 bits per heavy atom. The highest BCUT2D eigenvalue weighted by atomic mass is 32.2. The second kappa shape index (κ2) is 11.4. The van der Waals surface area contributed by atoms with Gasteiger partial charge in [0.25, 0.3) is 0 Å². The molecule has 0 aliphatic carbocycles. The van der Waals surface area contributed by atoms with Crippen LogP contribution in [0.1, 0.15) is 42.6 Å². The molecule has 36 heavy (non-hydrogen) atoms. The minimum atomic E-state index is -0.525. The van der Waals surface area contributed by atoms with Gasteiger partial charge in [0.15, 0.2) is 5.78 Å². The Bertz CT molecular complexity index is 1180. The fourth-order valence-corrected chi connectivity index (χ4v) is 6.29. The molecular formula is C28H30N2O4S2. The number of allylic oxidation sites excluding steroid dienone is 1. The predicted molar refractivity (Wildman–Crippen MR) is 148 cm³/mol. The van der Waals surface area contributed by atoms with E-state index >= 15 is 0 Å². The number of imide groups is 1. The van der Waals surface area contributed by atoms with Crippen molar-refractivity contribution >= 4 is 57.7 Å². The van der Waals surface area contributed by atoms with Gasteiger partial charge in [-0.1, -0.05) is 56.0 Å². The number of anilines is 1. The Kier molecular flexibility index (Phi) is 8.26. The summed E-state index contributed by atoms with van der Waals surface area (Å²) < 4.78 is 5.99. The van der Waals surface area contributed by atoms with Crippen molar-refractivity contribution in [1.29, 1.82) is 0 Å². The summed E-state index contributed by atoms with van der Waals surface area (Å²) >= 11 is 6.96. The molecule has 0 aromatic heterocycles. The summed E-state index contributed by atoms with van der Waals surface area (Å²) in [7, 11) is 1.58. The zero-order chi connectivity index (χ0) is 25.8. The van der Waals surface area contributed by atoms with Crippen LogP contribution in [0, 0.1) is 11.8 Å². The molecule has 4 rings (SSSR count). The van der Waals surface area contributed by atoms with Crippen LogP contribution in [0.2, 0.25) is 0 Å². The van der Waals surface area contributed by atoms with Crippen LogP contribution in [0.15, 0.2) is 54.6 Å². The number of thioether (sulfide) groups is 1. The average molecular weight is 523 g/mol. The van der Waals surface area contributed by atoms with Gasteiger partial charge in [-0.25, -0.2) is 4.90 Å². The van der Waals surface area contributed by atoms with Gasteiger partial charge in [-0.15, -0.1) is 0 Å². The van der Waals surface area contributed by atoms with E-state index in [2.05, 4.69) is 18.7 Å². The second-order valence-electron chi connectivity index (χ2n) is 9.48. The summed E-state index contributed by atoms with van der Waals surface area (Å²) in [5.41, 5.74) is 1.72. The molecule has 2 heterocycles. The molecule has 2 aliphatic rings. The number of carbonyl (C=O) groups is 3. The van der Waals surface area contributed by atoms with Crippen molar-refractivity contribution in [2.24, 2.45) is 11.8 Å². The molecule has 3 atom stereocenters. The molecule has 2 aliphatic heterocycles. The fourth-order valence-electron chi connectivity index (χ4n) is 4.82. The van der Waals surface area contributed by atoms with E-state index in [0.717, 1.165) is 18.7 Å². The molecule has 0 spiro atoms. The molecule has 0 bridgehead atoms. The van der Waals surface area contributed by atoms with Gasteiger partial charge in [0.2, 0.25) is 11.8 Å². The Labute approximate surface area is 221 Å². The van der Waals surface area contributed by atoms with Gasteiger partial charge >= 0.3 is 0 Å². The fraction of sp³-hybridized carbons (Fsp3) is 0.357. The van der Waals surface area contributed by atoms with Crippen molar-refractivity contribution < 1.29 is 19.1 Å². The van der Waals surface area contributed by atoms with Crippen LogP contribution in [0.3, 0.4) is 0 Å². The molecule has 2 aromatic rings. The van der Waals surface area contributed by atoms with Gasteiger partial charge in [0, 0.05) is 30.6 Å². The Morgan fingerprint density at radius 1 is 1.06 bits per heavy atom. The van der Waals surface area contributed by atoms with Crippen molar-refractivity contribution in [2.75, 3.05) is 25.1 Å². The zero-order valence-corrected chi connectivity index (χ0v) is 22.3. The Hall–Kier alpha value is -2.97. The molecule has 0 saturated carbocycles. The number of likely N-dealkylation sites (tertiary alicyclic amines) is 1. The number of carbonyl (C=O) groups excluding carboxylic acids is 3. The van der Waals surface area contributed by atoms with Crippen molar-refractivity contribution in [3.63, 3.8) is 0 Å². The number of benzene rings is 2. The van der Waals surface area contributed by atoms with Gasteiger partial charge in [-0.05, 0) is 60.7 Å². The van der Waals surface area contributed by atoms with Gasteiger partial charge in [-0.3, -0.25) is 14.4 Å². The molecule has 0 N–H and O–H groups in total. The highest BCUT2D eigenvalue weighted by molar-refractivity contribution is 8.23. The number of ether oxygens (including phenoxy) is 1. The number of piperidine rings is 1. The number of para-hydroxylation sites is 1. The topological polar surface area (TPSA) is 66.9 Å². The quantitative estimate of drug-likeness (QED) is 0.223. The van der Waals surface area contributed by atoms with Crippen LogP contribution in [0.5, 0.6) is 5.75 Å². The summed E-state index contributed by atoms with van der Waals surface area (Å²) in [6.45, 7) is 6.20. The molecule has 188 valence electrons. The standard InChI is InChI=1S/C28H30N2O4S2/c1-18-14-19(2)17-29(16-18)28(35)36-25-15-26(32)30(27(25)33)22-11-8-20(9-12-22)23(31)13-10-21-6-4-5-7-24(21)34-3/h4-13,18-19,25H,14-17H2,1-3H3/b13-10+. The third-order valence-electron chi connectivity index (χ3n) is 6.44. The lowest BCUT2D eigenvalue weighted by atomic mass is 9.92. The van der Waals surface area contributed by atoms with E-state index in [1.165, 1.54) is 29.2 Å². The van der Waals surface area contributed by atoms with Gasteiger partial charge in [-0.2, -0.15) is 0 Å². The van der Waals surface area contributed by atoms with Gasteiger partial charge in [0.05, 0.1) is 12.8 Å². The first-order valence-corrected chi connectivity index (χ1v) is 13.3. The van der Waals surface area contributed by atoms with E-state index in [9.17, 15) is 14.4 Å². The first kappa shape index (κ1) is 26.1. The van der Waals surface area contributed by atoms with Crippen molar-refractivity contribution in [1.82, 2.24) is 4.90 Å². The highest BCUT2D eigenvalue weighted by Gasteiger charge is 2.41. The molecule has 0 radical (unpaired) electrons. The number of hydrogen-bond donors (Lipinski definition) is 0. The van der Waals surface area contributed by atoms with E-state index in [1.54, 1.807) is 37.5 Å². The number of rotatable bonds is 6. The van der Waals surface area contributed by atoms with Crippen LogP contribution < -0.4 is 9.64 Å². The highest BCUT2D eigenvalue weighted by Crippen LogP contribution is 2.33. The minimum Gasteiger partial charge on any atom is -0.496 e. The lowest BCUT2D eigenvalue weighted by Crippen LogP contribution is -2.41. The largest absolute Gasteiger partial charge is 0.496 e. The molecule has 2 aromatic carbocycles. The van der Waals surface area contributed by atoms with Crippen LogP contribution >= 0.6 is 24.0 Å². The van der Waals surface area contributed by atoms with Crippen LogP contribution in [0.4, 0.5) is 5.69 Å². The van der Waals surface area contributed by atoms with Crippen LogP contribution in [0.25, 0.3) is 6.08 Å².